The number of nitrogens with zero attached hydrogens (tertiary/aromatic N) is 2. The summed E-state index contributed by atoms with van der Waals surface area (Å²) in [5, 5.41) is 12.2. The Kier molecular flexibility index (Phi) is 6.49. The Bertz CT molecular complexity index is 1290. The molecule has 2 N–H and O–H groups in total. The molecule has 9 nitrogen and oxygen atoms in total. The molecule has 1 saturated heterocycles. The van der Waals surface area contributed by atoms with Crippen LogP contribution in [0.15, 0.2) is 40.8 Å². The van der Waals surface area contributed by atoms with Gasteiger partial charge < -0.3 is 29.1 Å². The maximum atomic E-state index is 10.7. The van der Waals surface area contributed by atoms with Gasteiger partial charge in [0.1, 0.15) is 16.9 Å². The zero-order valence-corrected chi connectivity index (χ0v) is 20.7. The molecule has 0 aliphatic carbocycles. The molecule has 2 aliphatic heterocycles. The van der Waals surface area contributed by atoms with Gasteiger partial charge in [0.15, 0.2) is 17.1 Å². The molecule has 9 heteroatoms. The molecule has 0 radical (unpaired) electrons. The minimum atomic E-state index is -1.36. The largest absolute Gasteiger partial charge is 0.511 e. The van der Waals surface area contributed by atoms with E-state index in [-0.39, 0.29) is 17.4 Å². The minimum Gasteiger partial charge on any atom is -0.490 e. The van der Waals surface area contributed by atoms with Crippen LogP contribution in [0, 0.1) is 0 Å². The van der Waals surface area contributed by atoms with Crippen LogP contribution in [0.4, 0.5) is 10.8 Å². The highest BCUT2D eigenvalue weighted by Crippen LogP contribution is 2.40. The van der Waals surface area contributed by atoms with Crippen molar-refractivity contribution in [3.8, 4) is 17.2 Å². The number of nitrogens with one attached hydrogen (secondary N) is 1. The first kappa shape index (κ1) is 24.0. The van der Waals surface area contributed by atoms with Gasteiger partial charge in [0.05, 0.1) is 6.61 Å². The summed E-state index contributed by atoms with van der Waals surface area (Å²) in [5.74, 6) is 1.81. The summed E-state index contributed by atoms with van der Waals surface area (Å²) in [6, 6.07) is 9.73. The third kappa shape index (κ3) is 5.41. The average molecular weight is 494 g/mol. The molecule has 5 rings (SSSR count). The molecule has 1 fully saturated rings. The SMILES string of the molecule is CCOc1cc(CN2CCC(Nc3nc4ccc(OC(=O)O)cc4o3)CC2)cc2c1OC(C)(C)C=C2. The number of piperidine rings is 1. The second-order valence-electron chi connectivity index (χ2n) is 9.70. The van der Waals surface area contributed by atoms with Crippen molar-refractivity contribution in [2.45, 2.75) is 51.8 Å². The number of anilines is 1. The van der Waals surface area contributed by atoms with Crippen LogP contribution in [0.25, 0.3) is 17.2 Å². The predicted molar refractivity (Wildman–Crippen MR) is 136 cm³/mol. The van der Waals surface area contributed by atoms with E-state index in [1.807, 2.05) is 20.8 Å². The van der Waals surface area contributed by atoms with E-state index in [0.717, 1.165) is 49.5 Å². The predicted octanol–water partition coefficient (Wildman–Crippen LogP) is 5.54. The smallest absolute Gasteiger partial charge is 0.490 e. The summed E-state index contributed by atoms with van der Waals surface area (Å²) in [5.41, 5.74) is 3.03. The first-order valence-corrected chi connectivity index (χ1v) is 12.3. The maximum absolute atomic E-state index is 10.7. The van der Waals surface area contributed by atoms with E-state index in [1.165, 1.54) is 11.6 Å². The lowest BCUT2D eigenvalue weighted by atomic mass is 9.99. The number of rotatable bonds is 7. The number of hydrogen-bond donors (Lipinski definition) is 2. The van der Waals surface area contributed by atoms with Crippen molar-refractivity contribution in [3.05, 3.63) is 47.5 Å². The molecule has 0 spiro atoms. The van der Waals surface area contributed by atoms with Gasteiger partial charge in [0.2, 0.25) is 0 Å². The Morgan fingerprint density at radius 1 is 1.25 bits per heavy atom. The van der Waals surface area contributed by atoms with Crippen molar-refractivity contribution < 1.29 is 28.5 Å². The minimum absolute atomic E-state index is 0.200. The monoisotopic (exact) mass is 493 g/mol. The van der Waals surface area contributed by atoms with E-state index in [2.05, 4.69) is 44.2 Å². The van der Waals surface area contributed by atoms with E-state index in [9.17, 15) is 4.79 Å². The van der Waals surface area contributed by atoms with Crippen molar-refractivity contribution in [2.24, 2.45) is 0 Å². The summed E-state index contributed by atoms with van der Waals surface area (Å²) >= 11 is 0. The van der Waals surface area contributed by atoms with E-state index in [0.29, 0.717) is 23.7 Å². The number of likely N-dealkylation sites (tertiary alicyclic amines) is 1. The molecular formula is C27H31N3O6. The second kappa shape index (κ2) is 9.73. The van der Waals surface area contributed by atoms with Crippen LogP contribution in [-0.4, -0.2) is 52.5 Å². The lowest BCUT2D eigenvalue weighted by molar-refractivity contribution is 0.144. The lowest BCUT2D eigenvalue weighted by Crippen LogP contribution is -2.38. The topological polar surface area (TPSA) is 106 Å². The summed E-state index contributed by atoms with van der Waals surface area (Å²) in [6.45, 7) is 9.38. The first-order valence-electron chi connectivity index (χ1n) is 12.3. The number of fused-ring (bicyclic) bond motifs is 2. The van der Waals surface area contributed by atoms with Crippen LogP contribution < -0.4 is 19.5 Å². The van der Waals surface area contributed by atoms with Gasteiger partial charge in [0, 0.05) is 37.3 Å². The maximum Gasteiger partial charge on any atom is 0.511 e. The fourth-order valence-corrected chi connectivity index (χ4v) is 4.66. The Balaban J connectivity index is 1.20. The van der Waals surface area contributed by atoms with Crippen molar-refractivity contribution in [3.63, 3.8) is 0 Å². The summed E-state index contributed by atoms with van der Waals surface area (Å²) in [7, 11) is 0. The third-order valence-corrected chi connectivity index (χ3v) is 6.36. The highest BCUT2D eigenvalue weighted by atomic mass is 16.7. The normalized spacial score (nSPS) is 17.4. The third-order valence-electron chi connectivity index (χ3n) is 6.36. The quantitative estimate of drug-likeness (QED) is 0.324. The van der Waals surface area contributed by atoms with E-state index < -0.39 is 6.16 Å². The number of aromatic nitrogens is 1. The summed E-state index contributed by atoms with van der Waals surface area (Å²) in [6.07, 6.45) is 4.74. The Morgan fingerprint density at radius 3 is 2.81 bits per heavy atom. The zero-order chi connectivity index (χ0) is 25.3. The standard InChI is InChI=1S/C27H31N3O6/c1-4-33-23-14-17(13-18-7-10-27(2,3)36-24(18)23)16-30-11-8-19(9-12-30)28-25-29-21-6-5-20(34-26(31)32)15-22(21)35-25/h5-7,10,13-15,19H,4,8-9,11-12,16H2,1-3H3,(H,28,29)(H,31,32). The number of ether oxygens (including phenoxy) is 3. The number of benzene rings is 2. The van der Waals surface area contributed by atoms with Gasteiger partial charge in [-0.15, -0.1) is 0 Å². The van der Waals surface area contributed by atoms with Gasteiger partial charge in [0.25, 0.3) is 6.01 Å². The van der Waals surface area contributed by atoms with Gasteiger partial charge in [-0.25, -0.2) is 4.79 Å². The van der Waals surface area contributed by atoms with Crippen LogP contribution in [-0.2, 0) is 6.54 Å². The molecule has 0 atom stereocenters. The Hall–Kier alpha value is -3.72. The molecule has 0 amide bonds. The molecule has 190 valence electrons. The molecule has 3 heterocycles. The molecule has 0 bridgehead atoms. The number of carbonyl (C=O) groups is 1. The second-order valence-corrected chi connectivity index (χ2v) is 9.70. The number of hydrogen-bond acceptors (Lipinski definition) is 8. The van der Waals surface area contributed by atoms with Crippen molar-refractivity contribution in [2.75, 3.05) is 25.0 Å². The molecule has 2 aromatic carbocycles. The van der Waals surface area contributed by atoms with E-state index in [4.69, 9.17) is 19.0 Å². The van der Waals surface area contributed by atoms with E-state index >= 15 is 0 Å². The van der Waals surface area contributed by atoms with Crippen LogP contribution in [0.2, 0.25) is 0 Å². The summed E-state index contributed by atoms with van der Waals surface area (Å²) < 4.78 is 22.6. The molecule has 2 aliphatic rings. The molecule has 0 unspecified atom stereocenters. The molecule has 3 aromatic rings. The molecular weight excluding hydrogens is 462 g/mol. The average Bonchev–Trinajstić information content (AvgIpc) is 3.22. The lowest BCUT2D eigenvalue weighted by Gasteiger charge is -2.33. The van der Waals surface area contributed by atoms with Gasteiger partial charge in [-0.3, -0.25) is 4.90 Å². The van der Waals surface area contributed by atoms with Gasteiger partial charge in [-0.1, -0.05) is 6.08 Å². The summed E-state index contributed by atoms with van der Waals surface area (Å²) in [4.78, 5) is 17.7. The fourth-order valence-electron chi connectivity index (χ4n) is 4.66. The highest BCUT2D eigenvalue weighted by Gasteiger charge is 2.26. The zero-order valence-electron chi connectivity index (χ0n) is 20.7. The van der Waals surface area contributed by atoms with Crippen molar-refractivity contribution >= 4 is 29.3 Å². The van der Waals surface area contributed by atoms with Crippen LogP contribution >= 0.6 is 0 Å². The van der Waals surface area contributed by atoms with Crippen LogP contribution in [0.5, 0.6) is 17.2 Å². The van der Waals surface area contributed by atoms with Gasteiger partial charge in [-0.05, 0) is 69.5 Å². The molecule has 0 saturated carbocycles. The molecule has 36 heavy (non-hydrogen) atoms. The van der Waals surface area contributed by atoms with Gasteiger partial charge >= 0.3 is 6.16 Å². The van der Waals surface area contributed by atoms with Crippen LogP contribution in [0.1, 0.15) is 44.7 Å². The Morgan fingerprint density at radius 2 is 2.06 bits per heavy atom. The fraction of sp³-hybridized carbons (Fsp3) is 0.407. The van der Waals surface area contributed by atoms with Crippen molar-refractivity contribution in [1.82, 2.24) is 9.88 Å². The molecule has 1 aromatic heterocycles. The van der Waals surface area contributed by atoms with Gasteiger partial charge in [-0.2, -0.15) is 4.98 Å². The number of oxazole rings is 1. The number of carboxylic acid groups (broad SMARTS) is 1. The van der Waals surface area contributed by atoms with Crippen LogP contribution in [0.3, 0.4) is 0 Å². The van der Waals surface area contributed by atoms with E-state index in [1.54, 1.807) is 12.1 Å². The van der Waals surface area contributed by atoms with Crippen molar-refractivity contribution in [1.29, 1.82) is 0 Å². The first-order chi connectivity index (χ1) is 17.3. The Labute approximate surface area is 209 Å². The highest BCUT2D eigenvalue weighted by molar-refractivity contribution is 5.77.